The average molecular weight is 575 g/mol. The molecule has 0 fully saturated rings. The van der Waals surface area contributed by atoms with E-state index < -0.39 is 0 Å². The highest BCUT2D eigenvalue weighted by molar-refractivity contribution is 5.98. The van der Waals surface area contributed by atoms with Crippen molar-refractivity contribution in [2.45, 2.75) is 19.3 Å². The summed E-state index contributed by atoms with van der Waals surface area (Å²) in [5, 5.41) is 2.53. The van der Waals surface area contributed by atoms with Crippen molar-refractivity contribution in [2.75, 3.05) is 0 Å². The summed E-state index contributed by atoms with van der Waals surface area (Å²) < 4.78 is 0. The number of hydrogen-bond donors (Lipinski definition) is 0. The first-order chi connectivity index (χ1) is 22.0. The maximum atomic E-state index is 2.43. The molecule has 0 aromatic heterocycles. The molecule has 0 amide bonds. The van der Waals surface area contributed by atoms with Crippen LogP contribution in [-0.4, -0.2) is 0 Å². The molecule has 0 N–H and O–H groups in total. The summed E-state index contributed by atoms with van der Waals surface area (Å²) in [6.07, 6.45) is 4.45. The van der Waals surface area contributed by atoms with Gasteiger partial charge in [-0.05, 0) is 108 Å². The first-order valence-electron chi connectivity index (χ1n) is 15.8. The van der Waals surface area contributed by atoms with Gasteiger partial charge in [0, 0.05) is 5.41 Å². The van der Waals surface area contributed by atoms with Crippen LogP contribution in [0.2, 0.25) is 0 Å². The zero-order valence-corrected chi connectivity index (χ0v) is 25.7. The van der Waals surface area contributed by atoms with E-state index in [9.17, 15) is 0 Å². The minimum atomic E-state index is -0.102. The lowest BCUT2D eigenvalue weighted by Gasteiger charge is -2.23. The largest absolute Gasteiger partial charge is 0.0622 e. The summed E-state index contributed by atoms with van der Waals surface area (Å²) in [6.45, 7) is 4.74. The van der Waals surface area contributed by atoms with Gasteiger partial charge in [0.2, 0.25) is 0 Å². The molecule has 0 heteroatoms. The van der Waals surface area contributed by atoms with Gasteiger partial charge in [-0.2, -0.15) is 0 Å². The van der Waals surface area contributed by atoms with E-state index in [0.717, 1.165) is 0 Å². The Kier molecular flexibility index (Phi) is 6.58. The van der Waals surface area contributed by atoms with Gasteiger partial charge in [0.25, 0.3) is 0 Å². The molecule has 1 aliphatic rings. The quantitative estimate of drug-likeness (QED) is 0.179. The number of fused-ring (bicyclic) bond motifs is 4. The van der Waals surface area contributed by atoms with E-state index in [2.05, 4.69) is 184 Å². The van der Waals surface area contributed by atoms with Crippen molar-refractivity contribution in [2.24, 2.45) is 0 Å². The molecule has 8 rings (SSSR count). The molecule has 0 radical (unpaired) electrons. The summed E-state index contributed by atoms with van der Waals surface area (Å²) in [5.74, 6) is 0. The Morgan fingerprint density at radius 2 is 0.956 bits per heavy atom. The van der Waals surface area contributed by atoms with Crippen molar-refractivity contribution in [3.8, 4) is 44.5 Å². The van der Waals surface area contributed by atoms with Gasteiger partial charge < -0.3 is 0 Å². The Morgan fingerprint density at radius 3 is 1.69 bits per heavy atom. The monoisotopic (exact) mass is 574 g/mol. The Balaban J connectivity index is 1.25. The maximum absolute atomic E-state index is 2.43. The van der Waals surface area contributed by atoms with Crippen LogP contribution in [0.25, 0.3) is 67.4 Å². The SMILES string of the molecule is CC1(C)c2cc(-c3ccccc3)ccc2-c2ccc(-c3cc(C=Cc4ccccc4)cc(-c4cccc5ccccc45)c3)cc21. The van der Waals surface area contributed by atoms with Crippen LogP contribution in [0.5, 0.6) is 0 Å². The van der Waals surface area contributed by atoms with Gasteiger partial charge in [-0.25, -0.2) is 0 Å². The number of benzene rings is 7. The molecule has 0 saturated heterocycles. The molecule has 0 saturated carbocycles. The van der Waals surface area contributed by atoms with Crippen molar-refractivity contribution in [1.82, 2.24) is 0 Å². The van der Waals surface area contributed by atoms with Crippen molar-refractivity contribution in [3.63, 3.8) is 0 Å². The van der Waals surface area contributed by atoms with Crippen LogP contribution in [0.4, 0.5) is 0 Å². The van der Waals surface area contributed by atoms with Gasteiger partial charge in [-0.15, -0.1) is 0 Å². The molecule has 0 bridgehead atoms. The van der Waals surface area contributed by atoms with Gasteiger partial charge in [-0.3, -0.25) is 0 Å². The molecule has 0 unspecified atom stereocenters. The van der Waals surface area contributed by atoms with E-state index in [1.54, 1.807) is 0 Å². The van der Waals surface area contributed by atoms with Crippen LogP contribution in [0, 0.1) is 0 Å². The zero-order chi connectivity index (χ0) is 30.4. The third-order valence-corrected chi connectivity index (χ3v) is 9.44. The second-order valence-electron chi connectivity index (χ2n) is 12.6. The molecular formula is C45H34. The fraction of sp³-hybridized carbons (Fsp3) is 0.0667. The van der Waals surface area contributed by atoms with E-state index in [-0.39, 0.29) is 5.41 Å². The van der Waals surface area contributed by atoms with E-state index in [4.69, 9.17) is 0 Å². The Hall–Kier alpha value is -5.46. The Morgan fingerprint density at radius 1 is 0.378 bits per heavy atom. The lowest BCUT2D eigenvalue weighted by atomic mass is 9.80. The summed E-state index contributed by atoms with van der Waals surface area (Å²) in [7, 11) is 0. The maximum Gasteiger partial charge on any atom is 0.0159 e. The van der Waals surface area contributed by atoms with Crippen LogP contribution in [0.15, 0.2) is 158 Å². The van der Waals surface area contributed by atoms with Crippen LogP contribution < -0.4 is 0 Å². The summed E-state index contributed by atoms with van der Waals surface area (Å²) in [6, 6.07) is 57.6. The molecule has 214 valence electrons. The van der Waals surface area contributed by atoms with E-state index in [1.807, 2.05) is 0 Å². The van der Waals surface area contributed by atoms with Crippen LogP contribution >= 0.6 is 0 Å². The molecule has 0 spiro atoms. The molecule has 0 heterocycles. The second kappa shape index (κ2) is 10.9. The molecule has 7 aromatic rings. The minimum Gasteiger partial charge on any atom is -0.0622 e. The highest BCUT2D eigenvalue weighted by atomic mass is 14.4. The smallest absolute Gasteiger partial charge is 0.0159 e. The molecule has 1 aliphatic carbocycles. The number of hydrogen-bond acceptors (Lipinski definition) is 0. The van der Waals surface area contributed by atoms with Crippen LogP contribution in [-0.2, 0) is 5.41 Å². The third kappa shape index (κ3) is 4.89. The molecule has 45 heavy (non-hydrogen) atoms. The van der Waals surface area contributed by atoms with E-state index in [1.165, 1.54) is 77.5 Å². The first kappa shape index (κ1) is 27.1. The molecule has 0 nitrogen and oxygen atoms in total. The number of rotatable bonds is 5. The fourth-order valence-corrected chi connectivity index (χ4v) is 7.03. The van der Waals surface area contributed by atoms with Gasteiger partial charge in [0.05, 0.1) is 0 Å². The average Bonchev–Trinajstić information content (AvgIpc) is 3.33. The Labute approximate surface area is 266 Å². The second-order valence-corrected chi connectivity index (χ2v) is 12.6. The van der Waals surface area contributed by atoms with Crippen LogP contribution in [0.3, 0.4) is 0 Å². The van der Waals surface area contributed by atoms with Crippen molar-refractivity contribution < 1.29 is 0 Å². The zero-order valence-electron chi connectivity index (χ0n) is 25.7. The lowest BCUT2D eigenvalue weighted by Crippen LogP contribution is -2.15. The summed E-state index contributed by atoms with van der Waals surface area (Å²) >= 11 is 0. The predicted molar refractivity (Wildman–Crippen MR) is 193 cm³/mol. The Bertz CT molecular complexity index is 2210. The first-order valence-corrected chi connectivity index (χ1v) is 15.8. The van der Waals surface area contributed by atoms with Gasteiger partial charge in [0.1, 0.15) is 0 Å². The highest BCUT2D eigenvalue weighted by Gasteiger charge is 2.35. The van der Waals surface area contributed by atoms with Crippen LogP contribution in [0.1, 0.15) is 36.1 Å². The standard InChI is InChI=1S/C45H34/c1-45(2)43-29-35(33-14-7-4-8-15-33)22-24-41(43)42-25-23-36(30-44(42)45)37-26-32(21-20-31-12-5-3-6-13-31)27-38(28-37)40-19-11-17-34-16-9-10-18-39(34)40/h3-30H,1-2H3. The topological polar surface area (TPSA) is 0 Å². The van der Waals surface area contributed by atoms with E-state index in [0.29, 0.717) is 0 Å². The summed E-state index contributed by atoms with van der Waals surface area (Å²) in [4.78, 5) is 0. The van der Waals surface area contributed by atoms with Gasteiger partial charge in [-0.1, -0.05) is 153 Å². The van der Waals surface area contributed by atoms with Crippen molar-refractivity contribution >= 4 is 22.9 Å². The highest BCUT2D eigenvalue weighted by Crippen LogP contribution is 2.50. The predicted octanol–water partition coefficient (Wildman–Crippen LogP) is 12.3. The van der Waals surface area contributed by atoms with Gasteiger partial charge >= 0.3 is 0 Å². The van der Waals surface area contributed by atoms with Gasteiger partial charge in [0.15, 0.2) is 0 Å². The van der Waals surface area contributed by atoms with E-state index >= 15 is 0 Å². The minimum absolute atomic E-state index is 0.102. The molecule has 0 atom stereocenters. The fourth-order valence-electron chi connectivity index (χ4n) is 7.03. The molecule has 7 aromatic carbocycles. The molecular weight excluding hydrogens is 540 g/mol. The lowest BCUT2D eigenvalue weighted by molar-refractivity contribution is 0.661. The summed E-state index contributed by atoms with van der Waals surface area (Å²) in [5.41, 5.74) is 15.2. The van der Waals surface area contributed by atoms with Crippen molar-refractivity contribution in [3.05, 3.63) is 180 Å². The molecule has 0 aliphatic heterocycles. The van der Waals surface area contributed by atoms with Crippen molar-refractivity contribution in [1.29, 1.82) is 0 Å². The third-order valence-electron chi connectivity index (χ3n) is 9.44. The normalized spacial score (nSPS) is 13.2.